The molecular weight excluding hydrogens is 340 g/mol. The van der Waals surface area contributed by atoms with Crippen molar-refractivity contribution in [3.63, 3.8) is 0 Å². The van der Waals surface area contributed by atoms with Crippen LogP contribution in [0.25, 0.3) is 0 Å². The van der Waals surface area contributed by atoms with E-state index in [9.17, 15) is 5.11 Å². The van der Waals surface area contributed by atoms with Crippen LogP contribution in [0.3, 0.4) is 0 Å². The minimum absolute atomic E-state index is 0.131. The number of aliphatic hydroxyl groups excluding tert-OH is 1. The summed E-state index contributed by atoms with van der Waals surface area (Å²) in [7, 11) is 1.83. The second kappa shape index (κ2) is 6.74. The molecule has 0 aliphatic rings. The second-order valence-electron chi connectivity index (χ2n) is 5.03. The molecule has 0 saturated heterocycles. The van der Waals surface area contributed by atoms with Gasteiger partial charge in [0.05, 0.1) is 5.69 Å². The van der Waals surface area contributed by atoms with Crippen molar-refractivity contribution in [3.05, 3.63) is 50.7 Å². The van der Waals surface area contributed by atoms with E-state index in [0.717, 1.165) is 28.6 Å². The van der Waals surface area contributed by atoms with Gasteiger partial charge in [0.1, 0.15) is 5.15 Å². The fourth-order valence-corrected chi connectivity index (χ4v) is 3.07. The van der Waals surface area contributed by atoms with Crippen LogP contribution in [-0.4, -0.2) is 21.5 Å². The van der Waals surface area contributed by atoms with Gasteiger partial charge in [0.2, 0.25) is 0 Å². The summed E-state index contributed by atoms with van der Waals surface area (Å²) in [6.45, 7) is 2.08. The minimum atomic E-state index is 0.131. The van der Waals surface area contributed by atoms with Crippen molar-refractivity contribution in [3.8, 4) is 0 Å². The van der Waals surface area contributed by atoms with E-state index in [2.05, 4.69) is 27.1 Å². The van der Waals surface area contributed by atoms with Gasteiger partial charge in [-0.3, -0.25) is 4.68 Å². The van der Waals surface area contributed by atoms with Gasteiger partial charge in [-0.1, -0.05) is 45.7 Å². The predicted molar refractivity (Wildman–Crippen MR) is 85.1 cm³/mol. The Morgan fingerprint density at radius 2 is 2.05 bits per heavy atom. The maximum Gasteiger partial charge on any atom is 0.130 e. The zero-order valence-corrected chi connectivity index (χ0v) is 13.9. The zero-order chi connectivity index (χ0) is 14.7. The highest BCUT2D eigenvalue weighted by atomic mass is 79.9. The third-order valence-electron chi connectivity index (χ3n) is 3.49. The lowest BCUT2D eigenvalue weighted by Crippen LogP contribution is -2.14. The maximum atomic E-state index is 9.64. The van der Waals surface area contributed by atoms with Crippen molar-refractivity contribution in [1.29, 1.82) is 0 Å². The number of aryl methyl sites for hydroxylation is 2. The number of aliphatic hydroxyl groups is 1. The van der Waals surface area contributed by atoms with E-state index in [1.165, 1.54) is 5.56 Å². The molecule has 20 heavy (non-hydrogen) atoms. The Morgan fingerprint density at radius 3 is 2.60 bits per heavy atom. The molecule has 0 fully saturated rings. The van der Waals surface area contributed by atoms with Crippen LogP contribution in [0.5, 0.6) is 0 Å². The summed E-state index contributed by atoms with van der Waals surface area (Å²) >= 11 is 9.81. The van der Waals surface area contributed by atoms with Gasteiger partial charge in [-0.2, -0.15) is 5.10 Å². The molecule has 0 aliphatic carbocycles. The first-order valence-electron chi connectivity index (χ1n) is 6.55. The van der Waals surface area contributed by atoms with Gasteiger partial charge in [-0.15, -0.1) is 0 Å². The smallest absolute Gasteiger partial charge is 0.130 e. The molecule has 2 aromatic rings. The molecule has 0 radical (unpaired) electrons. The number of halogens is 2. The Hall–Kier alpha value is -0.840. The summed E-state index contributed by atoms with van der Waals surface area (Å²) in [6.07, 6.45) is 1.54. The fourth-order valence-electron chi connectivity index (χ4n) is 2.37. The van der Waals surface area contributed by atoms with E-state index in [1.54, 1.807) is 4.68 Å². The molecule has 1 atom stereocenters. The van der Waals surface area contributed by atoms with Crippen molar-refractivity contribution in [2.75, 3.05) is 6.61 Å². The standard InChI is InChI=1S/C15H18BrClN2O/c1-10-13(15(17)19(2)18-10)8-11(9-20)7-12-5-3-4-6-14(12)16/h3-6,11,20H,7-9H2,1-2H3. The molecule has 108 valence electrons. The largest absolute Gasteiger partial charge is 0.396 e. The monoisotopic (exact) mass is 356 g/mol. The Balaban J connectivity index is 2.15. The average molecular weight is 358 g/mol. The molecule has 2 rings (SSSR count). The lowest BCUT2D eigenvalue weighted by Gasteiger charge is -2.15. The first-order chi connectivity index (χ1) is 9.52. The molecular formula is C15H18BrClN2O. The van der Waals surface area contributed by atoms with Gasteiger partial charge in [0, 0.05) is 23.7 Å². The molecule has 0 bridgehead atoms. The number of aromatic nitrogens is 2. The van der Waals surface area contributed by atoms with E-state index in [0.29, 0.717) is 5.15 Å². The van der Waals surface area contributed by atoms with E-state index in [1.807, 2.05) is 32.2 Å². The van der Waals surface area contributed by atoms with Gasteiger partial charge in [-0.05, 0) is 37.3 Å². The predicted octanol–water partition coefficient (Wildman–Crippen LogP) is 3.54. The van der Waals surface area contributed by atoms with Crippen LogP contribution in [-0.2, 0) is 19.9 Å². The molecule has 1 heterocycles. The van der Waals surface area contributed by atoms with E-state index in [4.69, 9.17) is 11.6 Å². The number of rotatable bonds is 5. The summed E-state index contributed by atoms with van der Waals surface area (Å²) in [6, 6.07) is 8.09. The van der Waals surface area contributed by atoms with Crippen LogP contribution in [0, 0.1) is 12.8 Å². The van der Waals surface area contributed by atoms with Crippen molar-refractivity contribution < 1.29 is 5.11 Å². The Morgan fingerprint density at radius 1 is 1.35 bits per heavy atom. The molecule has 0 aliphatic heterocycles. The van der Waals surface area contributed by atoms with Crippen molar-refractivity contribution in [1.82, 2.24) is 9.78 Å². The zero-order valence-electron chi connectivity index (χ0n) is 11.6. The molecule has 0 amide bonds. The Bertz CT molecular complexity index is 598. The quantitative estimate of drug-likeness (QED) is 0.889. The lowest BCUT2D eigenvalue weighted by molar-refractivity contribution is 0.224. The molecule has 1 N–H and O–H groups in total. The molecule has 0 saturated carbocycles. The highest BCUT2D eigenvalue weighted by Gasteiger charge is 2.18. The highest BCUT2D eigenvalue weighted by Crippen LogP contribution is 2.25. The van der Waals surface area contributed by atoms with Gasteiger partial charge in [-0.25, -0.2) is 0 Å². The van der Waals surface area contributed by atoms with Crippen LogP contribution in [0.2, 0.25) is 5.15 Å². The number of benzene rings is 1. The summed E-state index contributed by atoms with van der Waals surface area (Å²) in [5, 5.41) is 14.6. The third-order valence-corrected chi connectivity index (χ3v) is 4.73. The van der Waals surface area contributed by atoms with E-state index < -0.39 is 0 Å². The van der Waals surface area contributed by atoms with E-state index in [-0.39, 0.29) is 12.5 Å². The van der Waals surface area contributed by atoms with Crippen LogP contribution >= 0.6 is 27.5 Å². The highest BCUT2D eigenvalue weighted by molar-refractivity contribution is 9.10. The Kier molecular flexibility index (Phi) is 5.24. The second-order valence-corrected chi connectivity index (χ2v) is 6.24. The SMILES string of the molecule is Cc1nn(C)c(Cl)c1CC(CO)Cc1ccccc1Br. The molecule has 1 aromatic heterocycles. The van der Waals surface area contributed by atoms with Gasteiger partial charge >= 0.3 is 0 Å². The Labute approximate surface area is 132 Å². The molecule has 0 spiro atoms. The third kappa shape index (κ3) is 3.43. The summed E-state index contributed by atoms with van der Waals surface area (Å²) < 4.78 is 2.76. The van der Waals surface area contributed by atoms with Gasteiger partial charge in [0.15, 0.2) is 0 Å². The summed E-state index contributed by atoms with van der Waals surface area (Å²) in [4.78, 5) is 0. The minimum Gasteiger partial charge on any atom is -0.396 e. The maximum absolute atomic E-state index is 9.64. The van der Waals surface area contributed by atoms with Gasteiger partial charge < -0.3 is 5.11 Å². The van der Waals surface area contributed by atoms with E-state index >= 15 is 0 Å². The first-order valence-corrected chi connectivity index (χ1v) is 7.72. The summed E-state index contributed by atoms with van der Waals surface area (Å²) in [5.74, 6) is 0.133. The first kappa shape index (κ1) is 15.5. The van der Waals surface area contributed by atoms with Crippen LogP contribution in [0.1, 0.15) is 16.8 Å². The van der Waals surface area contributed by atoms with Crippen LogP contribution in [0.15, 0.2) is 28.7 Å². The van der Waals surface area contributed by atoms with Crippen LogP contribution < -0.4 is 0 Å². The number of nitrogens with zero attached hydrogens (tertiary/aromatic N) is 2. The van der Waals surface area contributed by atoms with Crippen molar-refractivity contribution in [2.45, 2.75) is 19.8 Å². The summed E-state index contributed by atoms with van der Waals surface area (Å²) in [5.41, 5.74) is 3.16. The molecule has 5 heteroatoms. The molecule has 3 nitrogen and oxygen atoms in total. The van der Waals surface area contributed by atoms with Gasteiger partial charge in [0.25, 0.3) is 0 Å². The number of hydrogen-bond donors (Lipinski definition) is 1. The average Bonchev–Trinajstić information content (AvgIpc) is 2.66. The van der Waals surface area contributed by atoms with Crippen LogP contribution in [0.4, 0.5) is 0 Å². The number of hydrogen-bond acceptors (Lipinski definition) is 2. The molecule has 1 unspecified atom stereocenters. The van der Waals surface area contributed by atoms with Crippen molar-refractivity contribution in [2.24, 2.45) is 13.0 Å². The molecule has 1 aromatic carbocycles. The topological polar surface area (TPSA) is 38.0 Å². The van der Waals surface area contributed by atoms with Crippen molar-refractivity contribution >= 4 is 27.5 Å². The lowest BCUT2D eigenvalue weighted by atomic mass is 9.93. The fraction of sp³-hybridized carbons (Fsp3) is 0.400. The normalized spacial score (nSPS) is 12.7.